The van der Waals surface area contributed by atoms with Crippen molar-refractivity contribution in [1.29, 1.82) is 5.26 Å². The molecule has 0 aliphatic carbocycles. The van der Waals surface area contributed by atoms with Crippen LogP contribution in [0.4, 0.5) is 0 Å². The minimum atomic E-state index is -0.899. The normalized spacial score (nSPS) is 19.9. The highest BCUT2D eigenvalue weighted by Gasteiger charge is 2.29. The van der Waals surface area contributed by atoms with Crippen LogP contribution in [0.15, 0.2) is 18.2 Å². The van der Waals surface area contributed by atoms with Crippen molar-refractivity contribution in [2.75, 3.05) is 19.8 Å². The second-order valence-corrected chi connectivity index (χ2v) is 4.72. The molecule has 1 unspecified atom stereocenters. The molecular formula is C13H13ClN2O3. The van der Waals surface area contributed by atoms with E-state index in [4.69, 9.17) is 26.7 Å². The first kappa shape index (κ1) is 13.8. The average Bonchev–Trinajstić information content (AvgIpc) is 2.41. The summed E-state index contributed by atoms with van der Waals surface area (Å²) in [7, 11) is 0. The molecule has 0 saturated carbocycles. The van der Waals surface area contributed by atoms with Gasteiger partial charge in [-0.25, -0.2) is 0 Å². The van der Waals surface area contributed by atoms with E-state index < -0.39 is 12.0 Å². The number of carboxylic acids is 1. The fraction of sp³-hybridized carbons (Fsp3) is 0.385. The van der Waals surface area contributed by atoms with Gasteiger partial charge < -0.3 is 9.84 Å². The highest BCUT2D eigenvalue weighted by molar-refractivity contribution is 6.31. The third-order valence-corrected chi connectivity index (χ3v) is 3.43. The summed E-state index contributed by atoms with van der Waals surface area (Å²) in [5.41, 5.74) is 1.30. The highest BCUT2D eigenvalue weighted by atomic mass is 35.5. The van der Waals surface area contributed by atoms with Gasteiger partial charge in [-0.05, 0) is 17.7 Å². The first-order valence-electron chi connectivity index (χ1n) is 5.85. The summed E-state index contributed by atoms with van der Waals surface area (Å²) in [4.78, 5) is 13.0. The zero-order chi connectivity index (χ0) is 13.8. The van der Waals surface area contributed by atoms with Crippen LogP contribution in [0.25, 0.3) is 0 Å². The first-order chi connectivity index (χ1) is 9.11. The van der Waals surface area contributed by atoms with Gasteiger partial charge in [0.2, 0.25) is 0 Å². The Bertz CT molecular complexity index is 527. The number of aliphatic carboxylic acids is 1. The van der Waals surface area contributed by atoms with E-state index in [2.05, 4.69) is 0 Å². The van der Waals surface area contributed by atoms with Crippen LogP contribution in [0.1, 0.15) is 11.1 Å². The number of rotatable bonds is 3. The fourth-order valence-electron chi connectivity index (χ4n) is 2.02. The van der Waals surface area contributed by atoms with Gasteiger partial charge in [0, 0.05) is 18.1 Å². The Balaban J connectivity index is 2.15. The predicted molar refractivity (Wildman–Crippen MR) is 68.8 cm³/mol. The summed E-state index contributed by atoms with van der Waals surface area (Å²) in [6, 6.07) is 6.39. The van der Waals surface area contributed by atoms with E-state index >= 15 is 0 Å². The van der Waals surface area contributed by atoms with E-state index in [0.29, 0.717) is 30.3 Å². The number of ether oxygens (including phenoxy) is 1. The largest absolute Gasteiger partial charge is 0.480 e. The Kier molecular flexibility index (Phi) is 4.38. The van der Waals surface area contributed by atoms with Crippen molar-refractivity contribution in [3.8, 4) is 6.07 Å². The number of carboxylic acid groups (broad SMARTS) is 1. The molecule has 0 amide bonds. The molecule has 6 heteroatoms. The van der Waals surface area contributed by atoms with Crippen LogP contribution in [0.3, 0.4) is 0 Å². The lowest BCUT2D eigenvalue weighted by Crippen LogP contribution is -2.49. The van der Waals surface area contributed by atoms with Gasteiger partial charge in [-0.3, -0.25) is 9.69 Å². The van der Waals surface area contributed by atoms with Crippen LogP contribution < -0.4 is 0 Å². The van der Waals surface area contributed by atoms with E-state index in [1.165, 1.54) is 0 Å². The van der Waals surface area contributed by atoms with Gasteiger partial charge in [0.15, 0.2) is 0 Å². The SMILES string of the molecule is N#Cc1ccc(CN2CCOCC2C(=O)O)c(Cl)c1. The molecule has 0 aromatic heterocycles. The lowest BCUT2D eigenvalue weighted by molar-refractivity contribution is -0.150. The van der Waals surface area contributed by atoms with Gasteiger partial charge in [-0.15, -0.1) is 0 Å². The standard InChI is InChI=1S/C13H13ClN2O3/c14-11-5-9(6-15)1-2-10(11)7-16-3-4-19-8-12(16)13(17)18/h1-2,5,12H,3-4,7-8H2,(H,17,18). The maximum Gasteiger partial charge on any atom is 0.323 e. The molecule has 0 radical (unpaired) electrons. The summed E-state index contributed by atoms with van der Waals surface area (Å²) in [6.45, 7) is 1.68. The van der Waals surface area contributed by atoms with E-state index in [1.807, 2.05) is 11.0 Å². The number of nitrogens with zero attached hydrogens (tertiary/aromatic N) is 2. The zero-order valence-corrected chi connectivity index (χ0v) is 10.9. The molecule has 1 saturated heterocycles. The third kappa shape index (κ3) is 3.24. The third-order valence-electron chi connectivity index (χ3n) is 3.08. The molecular weight excluding hydrogens is 268 g/mol. The van der Waals surface area contributed by atoms with E-state index in [1.54, 1.807) is 18.2 Å². The number of nitriles is 1. The van der Waals surface area contributed by atoms with Gasteiger partial charge in [-0.2, -0.15) is 5.26 Å². The summed E-state index contributed by atoms with van der Waals surface area (Å²) in [6.07, 6.45) is 0. The second-order valence-electron chi connectivity index (χ2n) is 4.32. The Labute approximate surface area is 116 Å². The van der Waals surface area contributed by atoms with Gasteiger partial charge in [0.05, 0.1) is 24.8 Å². The molecule has 1 fully saturated rings. The maximum absolute atomic E-state index is 11.1. The van der Waals surface area contributed by atoms with E-state index in [9.17, 15) is 4.79 Å². The molecule has 1 aromatic rings. The molecule has 1 aliphatic heterocycles. The maximum atomic E-state index is 11.1. The van der Waals surface area contributed by atoms with E-state index in [-0.39, 0.29) is 6.61 Å². The van der Waals surface area contributed by atoms with Crippen molar-refractivity contribution in [1.82, 2.24) is 4.90 Å². The first-order valence-corrected chi connectivity index (χ1v) is 6.22. The number of morpholine rings is 1. The number of carbonyl (C=O) groups is 1. The zero-order valence-electron chi connectivity index (χ0n) is 10.2. The predicted octanol–water partition coefficient (Wildman–Crippen LogP) is 1.50. The van der Waals surface area contributed by atoms with Crippen LogP contribution in [0, 0.1) is 11.3 Å². The Morgan fingerprint density at radius 2 is 2.42 bits per heavy atom. The smallest absolute Gasteiger partial charge is 0.323 e. The number of halogens is 1. The van der Waals surface area contributed by atoms with Crippen molar-refractivity contribution in [3.63, 3.8) is 0 Å². The van der Waals surface area contributed by atoms with Crippen LogP contribution in [0.2, 0.25) is 5.02 Å². The number of hydrogen-bond donors (Lipinski definition) is 1. The van der Waals surface area contributed by atoms with Crippen LogP contribution in [0.5, 0.6) is 0 Å². The molecule has 0 bridgehead atoms. The van der Waals surface area contributed by atoms with Gasteiger partial charge in [0.25, 0.3) is 0 Å². The molecule has 1 aromatic carbocycles. The second kappa shape index (κ2) is 6.02. The number of hydrogen-bond acceptors (Lipinski definition) is 4. The van der Waals surface area contributed by atoms with Crippen LogP contribution in [-0.2, 0) is 16.1 Å². The molecule has 1 aliphatic rings. The Hall–Kier alpha value is -1.61. The molecule has 100 valence electrons. The Morgan fingerprint density at radius 1 is 1.63 bits per heavy atom. The Morgan fingerprint density at radius 3 is 3.05 bits per heavy atom. The molecule has 0 spiro atoms. The lowest BCUT2D eigenvalue weighted by atomic mass is 10.1. The summed E-state index contributed by atoms with van der Waals surface area (Å²) in [5, 5.41) is 18.4. The van der Waals surface area contributed by atoms with Crippen LogP contribution in [-0.4, -0.2) is 41.8 Å². The van der Waals surface area contributed by atoms with Crippen molar-refractivity contribution >= 4 is 17.6 Å². The molecule has 5 nitrogen and oxygen atoms in total. The fourth-order valence-corrected chi connectivity index (χ4v) is 2.26. The number of benzene rings is 1. The lowest BCUT2D eigenvalue weighted by Gasteiger charge is -2.32. The highest BCUT2D eigenvalue weighted by Crippen LogP contribution is 2.21. The average molecular weight is 281 g/mol. The van der Waals surface area contributed by atoms with Crippen molar-refractivity contribution in [3.05, 3.63) is 34.3 Å². The van der Waals surface area contributed by atoms with E-state index in [0.717, 1.165) is 5.56 Å². The molecule has 1 heterocycles. The molecule has 1 N–H and O–H groups in total. The van der Waals surface area contributed by atoms with Crippen molar-refractivity contribution < 1.29 is 14.6 Å². The van der Waals surface area contributed by atoms with Gasteiger partial charge >= 0.3 is 5.97 Å². The van der Waals surface area contributed by atoms with Crippen molar-refractivity contribution in [2.45, 2.75) is 12.6 Å². The van der Waals surface area contributed by atoms with Gasteiger partial charge in [0.1, 0.15) is 6.04 Å². The quantitative estimate of drug-likeness (QED) is 0.908. The van der Waals surface area contributed by atoms with Crippen LogP contribution >= 0.6 is 11.6 Å². The van der Waals surface area contributed by atoms with Gasteiger partial charge in [-0.1, -0.05) is 17.7 Å². The summed E-state index contributed by atoms with van der Waals surface area (Å²) in [5.74, 6) is -0.899. The van der Waals surface area contributed by atoms with Crippen molar-refractivity contribution in [2.24, 2.45) is 0 Å². The molecule has 19 heavy (non-hydrogen) atoms. The summed E-state index contributed by atoms with van der Waals surface area (Å²) >= 11 is 6.10. The molecule has 2 rings (SSSR count). The molecule has 1 atom stereocenters. The topological polar surface area (TPSA) is 73.6 Å². The monoisotopic (exact) mass is 280 g/mol. The summed E-state index contributed by atoms with van der Waals surface area (Å²) < 4.78 is 5.18. The minimum absolute atomic E-state index is 0.184. The minimum Gasteiger partial charge on any atom is -0.480 e.